The summed E-state index contributed by atoms with van der Waals surface area (Å²) in [5.74, 6) is -0.112. The van der Waals surface area contributed by atoms with E-state index in [4.69, 9.17) is 14.2 Å². The summed E-state index contributed by atoms with van der Waals surface area (Å²) in [4.78, 5) is 26.7. The molecule has 1 N–H and O–H groups in total. The number of fused-ring (bicyclic) bond motifs is 1. The maximum atomic E-state index is 12.2. The Labute approximate surface area is 205 Å². The van der Waals surface area contributed by atoms with Crippen molar-refractivity contribution in [2.24, 2.45) is 0 Å². The number of ether oxygens (including phenoxy) is 3. The molecule has 1 aliphatic heterocycles. The summed E-state index contributed by atoms with van der Waals surface area (Å²) in [5.41, 5.74) is 3.08. The van der Waals surface area contributed by atoms with E-state index in [0.717, 1.165) is 60.5 Å². The molecular weight excluding hydrogens is 444 g/mol. The molecule has 0 aromatic heterocycles. The lowest BCUT2D eigenvalue weighted by atomic mass is 10.1. The summed E-state index contributed by atoms with van der Waals surface area (Å²) < 4.78 is 15.8. The van der Waals surface area contributed by atoms with Gasteiger partial charge in [-0.2, -0.15) is 0 Å². The van der Waals surface area contributed by atoms with E-state index in [1.54, 1.807) is 13.2 Å². The highest BCUT2D eigenvalue weighted by atomic mass is 16.5. The van der Waals surface area contributed by atoms with Gasteiger partial charge in [0.1, 0.15) is 5.75 Å². The average molecular weight is 475 g/mol. The molecule has 7 heteroatoms. The fourth-order valence-electron chi connectivity index (χ4n) is 3.95. The maximum Gasteiger partial charge on any atom is 0.331 e. The molecule has 1 fully saturated rings. The van der Waals surface area contributed by atoms with Gasteiger partial charge in [0.2, 0.25) is 0 Å². The minimum absolute atomic E-state index is 0.327. The molecular formula is C28H30N2O5. The maximum absolute atomic E-state index is 12.2. The molecule has 1 amide bonds. The number of nitrogens with one attached hydrogen (secondary N) is 1. The van der Waals surface area contributed by atoms with E-state index in [1.807, 2.05) is 54.6 Å². The van der Waals surface area contributed by atoms with Crippen molar-refractivity contribution in [1.29, 1.82) is 0 Å². The van der Waals surface area contributed by atoms with Gasteiger partial charge in [-0.1, -0.05) is 42.5 Å². The number of methoxy groups -OCH3 is 1. The van der Waals surface area contributed by atoms with Crippen molar-refractivity contribution in [3.8, 4) is 5.75 Å². The van der Waals surface area contributed by atoms with Crippen molar-refractivity contribution in [2.45, 2.75) is 13.1 Å². The van der Waals surface area contributed by atoms with E-state index >= 15 is 0 Å². The molecule has 1 heterocycles. The van der Waals surface area contributed by atoms with E-state index in [1.165, 1.54) is 11.6 Å². The largest absolute Gasteiger partial charge is 0.497 e. The Hall–Kier alpha value is -3.68. The van der Waals surface area contributed by atoms with Gasteiger partial charge in [0, 0.05) is 32.3 Å². The number of rotatable bonds is 9. The molecule has 4 rings (SSSR count). The first-order valence-electron chi connectivity index (χ1n) is 11.7. The fraction of sp³-hybridized carbons (Fsp3) is 0.286. The van der Waals surface area contributed by atoms with Gasteiger partial charge in [0.05, 0.1) is 20.3 Å². The summed E-state index contributed by atoms with van der Waals surface area (Å²) in [6.45, 7) is 4.16. The zero-order valence-corrected chi connectivity index (χ0v) is 19.9. The lowest BCUT2D eigenvalue weighted by molar-refractivity contribution is -0.143. The molecule has 0 atom stereocenters. The molecule has 7 nitrogen and oxygen atoms in total. The van der Waals surface area contributed by atoms with Crippen molar-refractivity contribution < 1.29 is 23.8 Å². The first-order chi connectivity index (χ1) is 17.1. The number of hydrogen-bond acceptors (Lipinski definition) is 6. The first kappa shape index (κ1) is 24.4. The van der Waals surface area contributed by atoms with E-state index in [2.05, 4.69) is 16.3 Å². The van der Waals surface area contributed by atoms with Crippen molar-refractivity contribution in [1.82, 2.24) is 10.2 Å². The zero-order chi connectivity index (χ0) is 24.5. The van der Waals surface area contributed by atoms with Gasteiger partial charge in [0.25, 0.3) is 5.91 Å². The van der Waals surface area contributed by atoms with Gasteiger partial charge < -0.3 is 19.5 Å². The summed E-state index contributed by atoms with van der Waals surface area (Å²) in [7, 11) is 1.63. The van der Waals surface area contributed by atoms with Gasteiger partial charge in [-0.25, -0.2) is 4.79 Å². The second kappa shape index (κ2) is 12.1. The smallest absolute Gasteiger partial charge is 0.331 e. The molecule has 0 aliphatic carbocycles. The molecule has 0 bridgehead atoms. The highest BCUT2D eigenvalue weighted by molar-refractivity contribution is 5.91. The third kappa shape index (κ3) is 7.15. The average Bonchev–Trinajstić information content (AvgIpc) is 2.90. The number of carbonyl (C=O) groups excluding carboxylic acids is 2. The molecule has 3 aromatic rings. The lowest BCUT2D eigenvalue weighted by Gasteiger charge is -2.27. The molecule has 0 saturated carbocycles. The highest BCUT2D eigenvalue weighted by Crippen LogP contribution is 2.22. The summed E-state index contributed by atoms with van der Waals surface area (Å²) in [6.07, 6.45) is 3.00. The van der Waals surface area contributed by atoms with Gasteiger partial charge in [-0.3, -0.25) is 9.69 Å². The van der Waals surface area contributed by atoms with Crippen LogP contribution in [0, 0.1) is 0 Å². The van der Waals surface area contributed by atoms with Crippen molar-refractivity contribution >= 4 is 28.7 Å². The van der Waals surface area contributed by atoms with Crippen molar-refractivity contribution in [2.75, 3.05) is 40.0 Å². The third-order valence-electron chi connectivity index (χ3n) is 5.92. The molecule has 0 spiro atoms. The normalized spacial score (nSPS) is 14.2. The van der Waals surface area contributed by atoms with Crippen molar-refractivity contribution in [3.63, 3.8) is 0 Å². The van der Waals surface area contributed by atoms with E-state index in [0.29, 0.717) is 6.54 Å². The van der Waals surface area contributed by atoms with Gasteiger partial charge >= 0.3 is 5.97 Å². The van der Waals surface area contributed by atoms with E-state index in [9.17, 15) is 9.59 Å². The second-order valence-corrected chi connectivity index (χ2v) is 8.35. The monoisotopic (exact) mass is 474 g/mol. The summed E-state index contributed by atoms with van der Waals surface area (Å²) in [6, 6.07) is 19.7. The quantitative estimate of drug-likeness (QED) is 0.378. The minimum Gasteiger partial charge on any atom is -0.497 e. The molecule has 182 valence electrons. The molecule has 1 saturated heterocycles. The number of carbonyl (C=O) groups is 2. The van der Waals surface area contributed by atoms with Crippen LogP contribution in [0.4, 0.5) is 0 Å². The minimum atomic E-state index is -0.567. The Kier molecular flexibility index (Phi) is 8.48. The topological polar surface area (TPSA) is 77.1 Å². The van der Waals surface area contributed by atoms with Crippen LogP contribution in [-0.2, 0) is 32.2 Å². The Balaban J connectivity index is 1.24. The predicted molar refractivity (Wildman–Crippen MR) is 135 cm³/mol. The fourth-order valence-corrected chi connectivity index (χ4v) is 3.95. The highest BCUT2D eigenvalue weighted by Gasteiger charge is 2.13. The molecule has 3 aromatic carbocycles. The number of hydrogen-bond donors (Lipinski definition) is 1. The molecule has 1 aliphatic rings. The van der Waals surface area contributed by atoms with Crippen molar-refractivity contribution in [3.05, 3.63) is 83.4 Å². The van der Waals surface area contributed by atoms with Gasteiger partial charge in [-0.05, 0) is 51.7 Å². The Morgan fingerprint density at radius 2 is 1.74 bits per heavy atom. The van der Waals surface area contributed by atoms with Crippen LogP contribution in [0.1, 0.15) is 16.7 Å². The Bertz CT molecular complexity index is 1200. The molecule has 0 unspecified atom stereocenters. The van der Waals surface area contributed by atoms with Crippen LogP contribution in [0.3, 0.4) is 0 Å². The Morgan fingerprint density at radius 1 is 1.00 bits per heavy atom. The first-order valence-corrected chi connectivity index (χ1v) is 11.7. The number of morpholine rings is 1. The van der Waals surface area contributed by atoms with Crippen LogP contribution in [0.2, 0.25) is 0 Å². The third-order valence-corrected chi connectivity index (χ3v) is 5.92. The van der Waals surface area contributed by atoms with E-state index in [-0.39, 0.29) is 12.5 Å². The van der Waals surface area contributed by atoms with E-state index < -0.39 is 5.97 Å². The summed E-state index contributed by atoms with van der Waals surface area (Å²) >= 11 is 0. The van der Waals surface area contributed by atoms with Crippen LogP contribution in [0.25, 0.3) is 16.8 Å². The van der Waals surface area contributed by atoms with Crippen LogP contribution in [-0.4, -0.2) is 56.8 Å². The SMILES string of the molecule is COc1ccc2cc(C=CC(=O)OCC(=O)NCc3ccccc3CN3CCOCC3)ccc2c1. The van der Waals surface area contributed by atoms with Gasteiger partial charge in [0.15, 0.2) is 6.61 Å². The number of benzene rings is 3. The zero-order valence-electron chi connectivity index (χ0n) is 19.9. The molecule has 35 heavy (non-hydrogen) atoms. The van der Waals surface area contributed by atoms with Crippen LogP contribution < -0.4 is 10.1 Å². The standard InChI is InChI=1S/C28H30N2O5/c1-33-26-10-9-22-16-21(6-8-23(22)17-26)7-11-28(32)35-20-27(31)29-18-24-4-2-3-5-25(24)19-30-12-14-34-15-13-30/h2-11,16-17H,12-15,18-20H2,1H3,(H,29,31). The number of esters is 1. The Morgan fingerprint density at radius 3 is 2.54 bits per heavy atom. The van der Waals surface area contributed by atoms with Crippen LogP contribution in [0.5, 0.6) is 5.75 Å². The lowest BCUT2D eigenvalue weighted by Crippen LogP contribution is -2.36. The van der Waals surface area contributed by atoms with Gasteiger partial charge in [-0.15, -0.1) is 0 Å². The number of amides is 1. The molecule has 0 radical (unpaired) electrons. The van der Waals surface area contributed by atoms with Crippen LogP contribution in [0.15, 0.2) is 66.7 Å². The summed E-state index contributed by atoms with van der Waals surface area (Å²) in [5, 5.41) is 4.93. The second-order valence-electron chi connectivity index (χ2n) is 8.35. The predicted octanol–water partition coefficient (Wildman–Crippen LogP) is 3.55. The van der Waals surface area contributed by atoms with Crippen LogP contribution >= 0.6 is 0 Å². The number of nitrogens with zero attached hydrogens (tertiary/aromatic N) is 1.